The predicted octanol–water partition coefficient (Wildman–Crippen LogP) is 3.02. The number of nitrogens with zero attached hydrogens (tertiary/aromatic N) is 3. The molecule has 0 saturated carbocycles. The molecule has 10 nitrogen and oxygen atoms in total. The summed E-state index contributed by atoms with van der Waals surface area (Å²) in [7, 11) is 3.82. The first-order valence-corrected chi connectivity index (χ1v) is 13.8. The summed E-state index contributed by atoms with van der Waals surface area (Å²) in [5, 5.41) is 13.5. The molecule has 2 amide bonds. The number of carbonyl (C=O) groups excluding carboxylic acids is 3. The zero-order valence-corrected chi connectivity index (χ0v) is 24.3. The topological polar surface area (TPSA) is 125 Å². The fourth-order valence-corrected chi connectivity index (χ4v) is 4.84. The Morgan fingerprint density at radius 3 is 2.65 bits per heavy atom. The highest BCUT2D eigenvalue weighted by Gasteiger charge is 2.33. The number of aromatic nitrogens is 1. The van der Waals surface area contributed by atoms with Crippen LogP contribution >= 0.6 is 0 Å². The average molecular weight is 555 g/mol. The highest BCUT2D eigenvalue weighted by molar-refractivity contribution is 6.00. The SMILES string of the molecule is CC1=C\[C@@H](O)C[C@@H](N(C)C)Cc2nc(co2)C(=O)N2CCC=C2C(=O)OC(C(C)C)[C@H](C)/C=C/C(=O)NC\C=C\1. The summed E-state index contributed by atoms with van der Waals surface area (Å²) in [6.07, 6.45) is 11.7. The molecule has 2 aliphatic rings. The Hall–Kier alpha value is -3.50. The van der Waals surface area contributed by atoms with Crippen LogP contribution in [0.3, 0.4) is 0 Å². The second-order valence-corrected chi connectivity index (χ2v) is 11.0. The molecule has 4 atom stereocenters. The van der Waals surface area contributed by atoms with Crippen LogP contribution in [0, 0.1) is 11.8 Å². The number of hydrogen-bond donors (Lipinski definition) is 2. The number of carbonyl (C=O) groups is 3. The molecule has 3 rings (SSSR count). The maximum absolute atomic E-state index is 13.3. The van der Waals surface area contributed by atoms with Crippen molar-refractivity contribution in [3.63, 3.8) is 0 Å². The molecular weight excluding hydrogens is 512 g/mol. The van der Waals surface area contributed by atoms with Crippen LogP contribution in [0.15, 0.2) is 58.4 Å². The molecule has 1 aromatic heterocycles. The van der Waals surface area contributed by atoms with Gasteiger partial charge in [0.2, 0.25) is 5.91 Å². The lowest BCUT2D eigenvalue weighted by Crippen LogP contribution is -2.36. The Morgan fingerprint density at radius 1 is 1.20 bits per heavy atom. The Balaban J connectivity index is 1.90. The lowest BCUT2D eigenvalue weighted by atomic mass is 9.94. The van der Waals surface area contributed by atoms with E-state index in [2.05, 4.69) is 10.3 Å². The number of allylic oxidation sites excluding steroid dienone is 2. The smallest absolute Gasteiger partial charge is 0.355 e. The first-order chi connectivity index (χ1) is 19.0. The van der Waals surface area contributed by atoms with Crippen LogP contribution in [0.25, 0.3) is 0 Å². The number of fused-ring (bicyclic) bond motifs is 3. The maximum atomic E-state index is 13.3. The van der Waals surface area contributed by atoms with Crippen molar-refractivity contribution in [1.82, 2.24) is 20.1 Å². The van der Waals surface area contributed by atoms with Crippen molar-refractivity contribution < 1.29 is 28.6 Å². The lowest BCUT2D eigenvalue weighted by Gasteiger charge is -2.27. The lowest BCUT2D eigenvalue weighted by molar-refractivity contribution is -0.149. The molecule has 3 heterocycles. The summed E-state index contributed by atoms with van der Waals surface area (Å²) in [6, 6.07) is -0.107. The van der Waals surface area contributed by atoms with Crippen LogP contribution in [-0.4, -0.2) is 83.1 Å². The highest BCUT2D eigenvalue weighted by Crippen LogP contribution is 2.25. The van der Waals surface area contributed by atoms with Gasteiger partial charge in [-0.05, 0) is 45.9 Å². The number of esters is 1. The van der Waals surface area contributed by atoms with E-state index in [0.717, 1.165) is 5.57 Å². The normalized spacial score (nSPS) is 28.8. The van der Waals surface area contributed by atoms with Gasteiger partial charge in [-0.25, -0.2) is 9.78 Å². The van der Waals surface area contributed by atoms with Gasteiger partial charge in [-0.2, -0.15) is 0 Å². The van der Waals surface area contributed by atoms with Crippen molar-refractivity contribution in [3.05, 3.63) is 65.6 Å². The molecule has 1 aromatic rings. The van der Waals surface area contributed by atoms with Crippen molar-refractivity contribution in [2.75, 3.05) is 27.2 Å². The number of oxazole rings is 1. The highest BCUT2D eigenvalue weighted by atomic mass is 16.5. The first kappa shape index (κ1) is 31.0. The van der Waals surface area contributed by atoms with E-state index in [-0.39, 0.29) is 35.2 Å². The van der Waals surface area contributed by atoms with E-state index in [4.69, 9.17) is 9.15 Å². The molecule has 1 unspecified atom stereocenters. The third-order valence-corrected chi connectivity index (χ3v) is 7.06. The first-order valence-electron chi connectivity index (χ1n) is 13.8. The zero-order valence-electron chi connectivity index (χ0n) is 24.3. The van der Waals surface area contributed by atoms with Crippen molar-refractivity contribution >= 4 is 17.8 Å². The van der Waals surface area contributed by atoms with Gasteiger partial charge in [0.05, 0.1) is 6.10 Å². The van der Waals surface area contributed by atoms with Gasteiger partial charge in [0, 0.05) is 31.5 Å². The van der Waals surface area contributed by atoms with Crippen molar-refractivity contribution in [2.24, 2.45) is 11.8 Å². The van der Waals surface area contributed by atoms with Gasteiger partial charge in [-0.1, -0.05) is 56.7 Å². The van der Waals surface area contributed by atoms with E-state index in [9.17, 15) is 19.5 Å². The molecule has 0 fully saturated rings. The molecule has 2 N–H and O–H groups in total. The minimum absolute atomic E-state index is 0.0249. The molecule has 218 valence electrons. The maximum Gasteiger partial charge on any atom is 0.355 e. The fourth-order valence-electron chi connectivity index (χ4n) is 4.84. The summed E-state index contributed by atoms with van der Waals surface area (Å²) in [6.45, 7) is 8.31. The fraction of sp³-hybridized carbons (Fsp3) is 0.533. The van der Waals surface area contributed by atoms with E-state index in [1.165, 1.54) is 17.2 Å². The molecule has 0 saturated heterocycles. The molecule has 0 spiro atoms. The number of ether oxygens (including phenoxy) is 1. The second kappa shape index (κ2) is 14.2. The minimum atomic E-state index is -0.717. The van der Waals surface area contributed by atoms with Gasteiger partial charge in [-0.3, -0.25) is 9.59 Å². The van der Waals surface area contributed by atoms with Gasteiger partial charge >= 0.3 is 5.97 Å². The van der Waals surface area contributed by atoms with Gasteiger partial charge < -0.3 is 29.4 Å². The number of amides is 2. The Kier molecular flexibility index (Phi) is 11.0. The standard InChI is InChI=1S/C30H42N4O6/c1-19(2)28-21(4)11-12-26(36)31-13-7-9-20(3)15-23(35)16-22(33(5)6)17-27-32-24(18-39-27)29(37)34-14-8-10-25(34)30(38)40-28/h7,9-12,15,18-19,21-23,28,35H,8,13-14,16-17H2,1-6H3,(H,31,36)/b9-7+,12-11+,20-15+/t21-,22-,23-,28?/m1/s1. The minimum Gasteiger partial charge on any atom is -0.457 e. The van der Waals surface area contributed by atoms with Gasteiger partial charge in [0.25, 0.3) is 5.91 Å². The molecular formula is C30H42N4O6. The van der Waals surface area contributed by atoms with Crippen LogP contribution in [0.1, 0.15) is 56.9 Å². The summed E-state index contributed by atoms with van der Waals surface area (Å²) in [5.41, 5.74) is 1.15. The van der Waals surface area contributed by atoms with Crippen LogP contribution < -0.4 is 5.32 Å². The third-order valence-electron chi connectivity index (χ3n) is 7.06. The Morgan fingerprint density at radius 2 is 1.95 bits per heavy atom. The van der Waals surface area contributed by atoms with Crippen molar-refractivity contribution in [1.29, 1.82) is 0 Å². The average Bonchev–Trinajstić information content (AvgIpc) is 3.57. The number of hydrogen-bond acceptors (Lipinski definition) is 8. The van der Waals surface area contributed by atoms with Crippen LogP contribution in [0.4, 0.5) is 0 Å². The van der Waals surface area contributed by atoms with Gasteiger partial charge in [0.15, 0.2) is 11.6 Å². The van der Waals surface area contributed by atoms with E-state index < -0.39 is 24.1 Å². The predicted molar refractivity (Wildman–Crippen MR) is 151 cm³/mol. The summed E-state index contributed by atoms with van der Waals surface area (Å²) in [5.74, 6) is -1.19. The van der Waals surface area contributed by atoms with Gasteiger partial charge in [0.1, 0.15) is 18.1 Å². The molecule has 0 radical (unpaired) electrons. The van der Waals surface area contributed by atoms with E-state index in [1.807, 2.05) is 58.8 Å². The summed E-state index contributed by atoms with van der Waals surface area (Å²) < 4.78 is 11.5. The monoisotopic (exact) mass is 554 g/mol. The van der Waals surface area contributed by atoms with E-state index in [0.29, 0.717) is 38.2 Å². The molecule has 0 aromatic carbocycles. The Bertz CT molecular complexity index is 1180. The molecule has 0 aliphatic carbocycles. The number of nitrogens with one attached hydrogen (secondary N) is 1. The number of rotatable bonds is 2. The Labute approximate surface area is 236 Å². The molecule has 2 aliphatic heterocycles. The van der Waals surface area contributed by atoms with Gasteiger partial charge in [-0.15, -0.1) is 0 Å². The van der Waals surface area contributed by atoms with Crippen molar-refractivity contribution in [3.8, 4) is 0 Å². The second-order valence-electron chi connectivity index (χ2n) is 11.0. The van der Waals surface area contributed by atoms with E-state index in [1.54, 1.807) is 18.2 Å². The van der Waals surface area contributed by atoms with Crippen LogP contribution in [-0.2, 0) is 20.7 Å². The number of cyclic esters (lactones) is 1. The molecule has 10 heteroatoms. The number of aliphatic hydroxyl groups is 1. The van der Waals surface area contributed by atoms with E-state index >= 15 is 0 Å². The number of likely N-dealkylation sites (N-methyl/N-ethyl adjacent to an activating group) is 1. The number of aliphatic hydroxyl groups excluding tert-OH is 1. The molecule has 2 bridgehead atoms. The van der Waals surface area contributed by atoms with Crippen LogP contribution in [0.5, 0.6) is 0 Å². The van der Waals surface area contributed by atoms with Crippen molar-refractivity contribution in [2.45, 2.75) is 65.2 Å². The summed E-state index contributed by atoms with van der Waals surface area (Å²) >= 11 is 0. The quantitative estimate of drug-likeness (QED) is 0.535. The largest absolute Gasteiger partial charge is 0.457 e. The molecule has 40 heavy (non-hydrogen) atoms. The zero-order chi connectivity index (χ0) is 29.4. The third kappa shape index (κ3) is 8.50. The van der Waals surface area contributed by atoms with Crippen LogP contribution in [0.2, 0.25) is 0 Å². The summed E-state index contributed by atoms with van der Waals surface area (Å²) in [4.78, 5) is 46.7.